The van der Waals surface area contributed by atoms with Crippen LogP contribution in [0.25, 0.3) is 0 Å². The van der Waals surface area contributed by atoms with Crippen molar-refractivity contribution in [2.75, 3.05) is 25.0 Å². The number of morpholine rings is 1. The molecule has 1 saturated heterocycles. The van der Waals surface area contributed by atoms with Gasteiger partial charge in [0.2, 0.25) is 0 Å². The van der Waals surface area contributed by atoms with E-state index in [4.69, 9.17) is 16.3 Å². The highest BCUT2D eigenvalue weighted by molar-refractivity contribution is 6.33. The molecule has 2 unspecified atom stereocenters. The van der Waals surface area contributed by atoms with E-state index in [2.05, 4.69) is 10.3 Å². The number of amides is 1. The minimum absolute atomic E-state index is 0.0272. The number of halogens is 1. The third-order valence-electron chi connectivity index (χ3n) is 3.28. The van der Waals surface area contributed by atoms with Crippen LogP contribution in [0, 0.1) is 0 Å². The van der Waals surface area contributed by atoms with Crippen LogP contribution in [0.5, 0.6) is 0 Å². The molecule has 1 N–H and O–H groups in total. The van der Waals surface area contributed by atoms with Crippen LogP contribution in [-0.4, -0.2) is 47.6 Å². The molecule has 0 aromatic carbocycles. The molecule has 1 aromatic heterocycles. The molecule has 0 saturated carbocycles. The zero-order valence-electron chi connectivity index (χ0n) is 12.0. The average Bonchev–Trinajstić information content (AvgIpc) is 2.43. The first kappa shape index (κ1) is 15.1. The lowest BCUT2D eigenvalue weighted by Gasteiger charge is -2.36. The Morgan fingerprint density at radius 1 is 1.55 bits per heavy atom. The van der Waals surface area contributed by atoms with Crippen LogP contribution in [0.1, 0.15) is 31.3 Å². The number of nitrogens with zero attached hydrogens (tertiary/aromatic N) is 2. The molecule has 1 aliphatic heterocycles. The molecule has 0 bridgehead atoms. The minimum Gasteiger partial charge on any atom is -0.375 e. The van der Waals surface area contributed by atoms with E-state index >= 15 is 0 Å². The van der Waals surface area contributed by atoms with E-state index in [1.54, 1.807) is 17.0 Å². The van der Waals surface area contributed by atoms with Crippen molar-refractivity contribution in [3.05, 3.63) is 22.8 Å². The molecule has 2 rings (SSSR count). The lowest BCUT2D eigenvalue weighted by atomic mass is 10.2. The number of nitrogens with one attached hydrogen (secondary N) is 1. The van der Waals surface area contributed by atoms with Crippen molar-refractivity contribution in [3.8, 4) is 0 Å². The molecular formula is C14H20ClN3O2. The zero-order chi connectivity index (χ0) is 14.7. The lowest BCUT2D eigenvalue weighted by molar-refractivity contribution is -0.0388. The van der Waals surface area contributed by atoms with E-state index in [0.29, 0.717) is 29.7 Å². The molecule has 2 heterocycles. The van der Waals surface area contributed by atoms with E-state index < -0.39 is 0 Å². The van der Waals surface area contributed by atoms with E-state index in [1.807, 2.05) is 20.8 Å². The van der Waals surface area contributed by atoms with E-state index in [9.17, 15) is 4.79 Å². The fraction of sp³-hybridized carbons (Fsp3) is 0.571. The van der Waals surface area contributed by atoms with Gasteiger partial charge in [0, 0.05) is 13.1 Å². The molecule has 110 valence electrons. The highest BCUT2D eigenvalue weighted by Gasteiger charge is 2.30. The summed E-state index contributed by atoms with van der Waals surface area (Å²) in [5.41, 5.74) is 0.297. The summed E-state index contributed by atoms with van der Waals surface area (Å²) in [6.07, 6.45) is 0.0332. The predicted molar refractivity (Wildman–Crippen MR) is 79.3 cm³/mol. The number of ether oxygens (including phenoxy) is 1. The van der Waals surface area contributed by atoms with Gasteiger partial charge in [0.1, 0.15) is 11.5 Å². The van der Waals surface area contributed by atoms with E-state index in [1.165, 1.54) is 0 Å². The number of anilines is 1. The molecule has 1 aliphatic rings. The van der Waals surface area contributed by atoms with Gasteiger partial charge in [-0.2, -0.15) is 0 Å². The van der Waals surface area contributed by atoms with Crippen molar-refractivity contribution in [2.24, 2.45) is 0 Å². The van der Waals surface area contributed by atoms with Crippen LogP contribution in [-0.2, 0) is 4.74 Å². The number of hydrogen-bond donors (Lipinski definition) is 1. The summed E-state index contributed by atoms with van der Waals surface area (Å²) in [5, 5.41) is 3.47. The first-order valence-corrected chi connectivity index (χ1v) is 7.23. The van der Waals surface area contributed by atoms with Crippen LogP contribution in [0.2, 0.25) is 5.02 Å². The largest absolute Gasteiger partial charge is 0.375 e. The first-order chi connectivity index (χ1) is 9.52. The van der Waals surface area contributed by atoms with Gasteiger partial charge in [0.15, 0.2) is 0 Å². The molecule has 6 heteroatoms. The monoisotopic (exact) mass is 297 g/mol. The summed E-state index contributed by atoms with van der Waals surface area (Å²) in [4.78, 5) is 18.7. The second-order valence-electron chi connectivity index (χ2n) is 5.01. The Labute approximate surface area is 124 Å². The number of carbonyl (C=O) groups is 1. The van der Waals surface area contributed by atoms with Crippen molar-refractivity contribution >= 4 is 23.3 Å². The van der Waals surface area contributed by atoms with Crippen LogP contribution in [0.15, 0.2) is 12.1 Å². The number of pyridine rings is 1. The Balaban J connectivity index is 2.25. The third-order valence-corrected chi connectivity index (χ3v) is 3.58. The highest BCUT2D eigenvalue weighted by Crippen LogP contribution is 2.21. The number of rotatable bonds is 3. The summed E-state index contributed by atoms with van der Waals surface area (Å²) in [6.45, 7) is 7.74. The van der Waals surface area contributed by atoms with Gasteiger partial charge >= 0.3 is 0 Å². The van der Waals surface area contributed by atoms with Gasteiger partial charge in [-0.05, 0) is 32.9 Å². The van der Waals surface area contributed by atoms with Gasteiger partial charge in [-0.1, -0.05) is 11.6 Å². The van der Waals surface area contributed by atoms with Crippen molar-refractivity contribution in [3.63, 3.8) is 0 Å². The fourth-order valence-electron chi connectivity index (χ4n) is 2.19. The topological polar surface area (TPSA) is 54.5 Å². The quantitative estimate of drug-likeness (QED) is 0.931. The third kappa shape index (κ3) is 3.22. The second-order valence-corrected chi connectivity index (χ2v) is 5.41. The van der Waals surface area contributed by atoms with Crippen LogP contribution < -0.4 is 5.32 Å². The molecule has 0 spiro atoms. The lowest BCUT2D eigenvalue weighted by Crippen LogP contribution is -2.50. The summed E-state index contributed by atoms with van der Waals surface area (Å²) >= 11 is 6.13. The van der Waals surface area contributed by atoms with Gasteiger partial charge in [-0.25, -0.2) is 4.98 Å². The van der Waals surface area contributed by atoms with Crippen molar-refractivity contribution < 1.29 is 9.53 Å². The zero-order valence-corrected chi connectivity index (χ0v) is 12.8. The summed E-state index contributed by atoms with van der Waals surface area (Å²) in [7, 11) is 0. The number of carbonyl (C=O) groups excluding carboxylic acids is 1. The smallest absolute Gasteiger partial charge is 0.274 e. The molecule has 0 radical (unpaired) electrons. The van der Waals surface area contributed by atoms with E-state index in [-0.39, 0.29) is 18.1 Å². The normalized spacial score (nSPS) is 22.7. The molecule has 5 nitrogen and oxygen atoms in total. The molecule has 0 aliphatic carbocycles. The maximum absolute atomic E-state index is 12.6. The van der Waals surface area contributed by atoms with Crippen molar-refractivity contribution in [2.45, 2.75) is 32.9 Å². The second kappa shape index (κ2) is 6.41. The molecular weight excluding hydrogens is 278 g/mol. The maximum atomic E-state index is 12.6. The first-order valence-electron chi connectivity index (χ1n) is 6.86. The standard InChI is InChI=1S/C14H20ClN3O2/c1-4-16-12-6-5-11(15)13(17-12)14(19)18-7-10(3)20-8-9(18)2/h5-6,9-10H,4,7-8H2,1-3H3,(H,16,17). The average molecular weight is 298 g/mol. The Bertz CT molecular complexity index is 495. The Morgan fingerprint density at radius 2 is 2.30 bits per heavy atom. The highest BCUT2D eigenvalue weighted by atomic mass is 35.5. The molecule has 1 aromatic rings. The van der Waals surface area contributed by atoms with Crippen LogP contribution >= 0.6 is 11.6 Å². The molecule has 1 amide bonds. The number of aromatic nitrogens is 1. The van der Waals surface area contributed by atoms with Gasteiger partial charge in [0.05, 0.1) is 23.8 Å². The Hall–Kier alpha value is -1.33. The van der Waals surface area contributed by atoms with Gasteiger partial charge < -0.3 is 15.0 Å². The van der Waals surface area contributed by atoms with E-state index in [0.717, 1.165) is 6.54 Å². The van der Waals surface area contributed by atoms with Gasteiger partial charge in [0.25, 0.3) is 5.91 Å². The van der Waals surface area contributed by atoms with Crippen molar-refractivity contribution in [1.82, 2.24) is 9.88 Å². The van der Waals surface area contributed by atoms with Gasteiger partial charge in [-0.15, -0.1) is 0 Å². The summed E-state index contributed by atoms with van der Waals surface area (Å²) < 4.78 is 5.54. The molecule has 1 fully saturated rings. The predicted octanol–water partition coefficient (Wildman–Crippen LogP) is 2.42. The Morgan fingerprint density at radius 3 is 3.00 bits per heavy atom. The number of hydrogen-bond acceptors (Lipinski definition) is 4. The fourth-order valence-corrected chi connectivity index (χ4v) is 2.38. The summed E-state index contributed by atoms with van der Waals surface area (Å²) in [6, 6.07) is 3.50. The minimum atomic E-state index is -0.141. The Kier molecular flexibility index (Phi) is 4.83. The van der Waals surface area contributed by atoms with Gasteiger partial charge in [-0.3, -0.25) is 4.79 Å². The SMILES string of the molecule is CCNc1ccc(Cl)c(C(=O)N2CC(C)OCC2C)n1. The maximum Gasteiger partial charge on any atom is 0.274 e. The van der Waals surface area contributed by atoms with Crippen molar-refractivity contribution in [1.29, 1.82) is 0 Å². The summed E-state index contributed by atoms with van der Waals surface area (Å²) in [5.74, 6) is 0.520. The molecule has 2 atom stereocenters. The van der Waals surface area contributed by atoms with Crippen LogP contribution in [0.4, 0.5) is 5.82 Å². The van der Waals surface area contributed by atoms with Crippen LogP contribution in [0.3, 0.4) is 0 Å². The molecule has 20 heavy (non-hydrogen) atoms.